The zero-order chi connectivity index (χ0) is 25.1. The monoisotopic (exact) mass is 509 g/mol. The van der Waals surface area contributed by atoms with Gasteiger partial charge >= 0.3 is 12.2 Å². The number of aromatic nitrogens is 1. The van der Waals surface area contributed by atoms with Gasteiger partial charge in [-0.15, -0.1) is 0 Å². The molecule has 0 aliphatic rings. The van der Waals surface area contributed by atoms with Crippen LogP contribution in [0.25, 0.3) is 0 Å². The Kier molecular flexibility index (Phi) is 7.48. The standard InChI is InChI=1S/C25H24Cl2F3N3O/c1-23(2,3)32-22(34)33-24(14-16-7-5-4-6-8-16,21-12-10-18(26)15-31-21)17-9-11-20(27)19(13-17)25(28,29)30/h4-13,15H,14H2,1-3H3,(H2,32,33,34). The Morgan fingerprint density at radius 1 is 0.941 bits per heavy atom. The highest BCUT2D eigenvalue weighted by molar-refractivity contribution is 6.31. The Balaban J connectivity index is 2.28. The van der Waals surface area contributed by atoms with Gasteiger partial charge in [0.25, 0.3) is 0 Å². The summed E-state index contributed by atoms with van der Waals surface area (Å²) < 4.78 is 41.3. The number of amides is 2. The van der Waals surface area contributed by atoms with Gasteiger partial charge in [0.05, 0.1) is 21.3 Å². The number of hydrogen-bond acceptors (Lipinski definition) is 2. The number of carbonyl (C=O) groups excluding carboxylic acids is 1. The molecule has 0 saturated carbocycles. The summed E-state index contributed by atoms with van der Waals surface area (Å²) in [4.78, 5) is 17.5. The van der Waals surface area contributed by atoms with E-state index in [2.05, 4.69) is 15.6 Å². The summed E-state index contributed by atoms with van der Waals surface area (Å²) in [5, 5.41) is 5.65. The Hall–Kier alpha value is -2.77. The maximum atomic E-state index is 13.8. The third-order valence-corrected chi connectivity index (χ3v) is 5.61. The van der Waals surface area contributed by atoms with Crippen LogP contribution in [0.15, 0.2) is 66.9 Å². The fourth-order valence-electron chi connectivity index (χ4n) is 3.62. The van der Waals surface area contributed by atoms with Crippen molar-refractivity contribution in [2.75, 3.05) is 0 Å². The highest BCUT2D eigenvalue weighted by Crippen LogP contribution is 2.40. The molecule has 3 aromatic rings. The Morgan fingerprint density at radius 3 is 2.18 bits per heavy atom. The maximum Gasteiger partial charge on any atom is 0.417 e. The van der Waals surface area contributed by atoms with Gasteiger partial charge < -0.3 is 10.6 Å². The van der Waals surface area contributed by atoms with Crippen molar-refractivity contribution in [3.8, 4) is 0 Å². The van der Waals surface area contributed by atoms with Gasteiger partial charge in [0, 0.05) is 18.2 Å². The molecule has 0 saturated heterocycles. The number of nitrogens with one attached hydrogen (secondary N) is 2. The molecule has 0 bridgehead atoms. The van der Waals surface area contributed by atoms with E-state index in [0.29, 0.717) is 10.7 Å². The highest BCUT2D eigenvalue weighted by atomic mass is 35.5. The summed E-state index contributed by atoms with van der Waals surface area (Å²) in [6, 6.07) is 15.3. The van der Waals surface area contributed by atoms with Gasteiger partial charge in [0.1, 0.15) is 5.54 Å². The van der Waals surface area contributed by atoms with E-state index < -0.39 is 33.9 Å². The van der Waals surface area contributed by atoms with Crippen LogP contribution in [-0.2, 0) is 18.1 Å². The molecule has 9 heteroatoms. The lowest BCUT2D eigenvalue weighted by Crippen LogP contribution is -2.56. The lowest BCUT2D eigenvalue weighted by molar-refractivity contribution is -0.137. The summed E-state index contributed by atoms with van der Waals surface area (Å²) in [7, 11) is 0. The topological polar surface area (TPSA) is 54.0 Å². The second-order valence-electron chi connectivity index (χ2n) is 8.95. The van der Waals surface area contributed by atoms with Crippen LogP contribution in [0, 0.1) is 0 Å². The number of halogens is 5. The average molecular weight is 510 g/mol. The first-order valence-corrected chi connectivity index (χ1v) is 11.2. The Bertz CT molecular complexity index is 1150. The number of rotatable bonds is 5. The Morgan fingerprint density at radius 2 is 1.62 bits per heavy atom. The molecule has 180 valence electrons. The minimum atomic E-state index is -4.69. The number of hydrogen-bond donors (Lipinski definition) is 2. The Labute approximate surface area is 206 Å². The van der Waals surface area contributed by atoms with Crippen molar-refractivity contribution >= 4 is 29.2 Å². The average Bonchev–Trinajstić information content (AvgIpc) is 2.72. The molecule has 2 amide bonds. The molecule has 2 N–H and O–H groups in total. The fourth-order valence-corrected chi connectivity index (χ4v) is 3.96. The molecule has 0 spiro atoms. The predicted octanol–water partition coefficient (Wildman–Crippen LogP) is 6.99. The van der Waals surface area contributed by atoms with Gasteiger partial charge in [-0.25, -0.2) is 4.79 Å². The molecule has 0 aliphatic heterocycles. The normalized spacial score (nSPS) is 13.8. The summed E-state index contributed by atoms with van der Waals surface area (Å²) in [6.07, 6.45) is -3.17. The molecule has 34 heavy (non-hydrogen) atoms. The smallest absolute Gasteiger partial charge is 0.334 e. The third kappa shape index (κ3) is 6.21. The number of alkyl halides is 3. The molecule has 1 heterocycles. The molecule has 3 rings (SSSR count). The highest BCUT2D eigenvalue weighted by Gasteiger charge is 2.41. The quantitative estimate of drug-likeness (QED) is 0.389. The minimum absolute atomic E-state index is 0.124. The van der Waals surface area contributed by atoms with E-state index in [0.717, 1.165) is 11.6 Å². The van der Waals surface area contributed by atoms with Crippen LogP contribution in [0.4, 0.5) is 18.0 Å². The molecule has 1 aromatic heterocycles. The van der Waals surface area contributed by atoms with Crippen molar-refractivity contribution < 1.29 is 18.0 Å². The molecule has 0 radical (unpaired) electrons. The second-order valence-corrected chi connectivity index (χ2v) is 9.79. The van der Waals surface area contributed by atoms with Crippen LogP contribution in [0.1, 0.15) is 43.2 Å². The SMILES string of the molecule is CC(C)(C)NC(=O)NC(Cc1ccccc1)(c1ccc(Cl)c(C(F)(F)F)c1)c1ccc(Cl)cn1. The van der Waals surface area contributed by atoms with Crippen molar-refractivity contribution in [1.29, 1.82) is 0 Å². The van der Waals surface area contributed by atoms with Crippen LogP contribution in [0.5, 0.6) is 0 Å². The molecule has 4 nitrogen and oxygen atoms in total. The van der Waals surface area contributed by atoms with Crippen molar-refractivity contribution in [2.45, 2.75) is 44.4 Å². The summed E-state index contributed by atoms with van der Waals surface area (Å²) in [5.41, 5.74) is -1.79. The lowest BCUT2D eigenvalue weighted by atomic mass is 9.80. The number of nitrogens with zero attached hydrogens (tertiary/aromatic N) is 1. The van der Waals surface area contributed by atoms with Crippen LogP contribution < -0.4 is 10.6 Å². The zero-order valence-corrected chi connectivity index (χ0v) is 20.3. The first kappa shape index (κ1) is 25.8. The van der Waals surface area contributed by atoms with Crippen molar-refractivity contribution in [3.05, 3.63) is 99.3 Å². The van der Waals surface area contributed by atoms with Crippen molar-refractivity contribution in [1.82, 2.24) is 15.6 Å². The van der Waals surface area contributed by atoms with E-state index in [1.807, 2.05) is 30.3 Å². The van der Waals surface area contributed by atoms with Gasteiger partial charge in [-0.05, 0) is 56.2 Å². The summed E-state index contributed by atoms with van der Waals surface area (Å²) >= 11 is 11.9. The van der Waals surface area contributed by atoms with E-state index in [-0.39, 0.29) is 12.0 Å². The van der Waals surface area contributed by atoms with Gasteiger partial charge in [-0.1, -0.05) is 59.6 Å². The van der Waals surface area contributed by atoms with Gasteiger partial charge in [0.15, 0.2) is 0 Å². The van der Waals surface area contributed by atoms with E-state index in [9.17, 15) is 18.0 Å². The third-order valence-electron chi connectivity index (χ3n) is 5.06. The molecular weight excluding hydrogens is 486 g/mol. The zero-order valence-electron chi connectivity index (χ0n) is 18.8. The molecule has 0 fully saturated rings. The van der Waals surface area contributed by atoms with Crippen LogP contribution in [0.2, 0.25) is 10.0 Å². The van der Waals surface area contributed by atoms with Crippen molar-refractivity contribution in [3.63, 3.8) is 0 Å². The van der Waals surface area contributed by atoms with Crippen molar-refractivity contribution in [2.24, 2.45) is 0 Å². The molecule has 0 aliphatic carbocycles. The van der Waals surface area contributed by atoms with E-state index in [1.165, 1.54) is 18.3 Å². The summed E-state index contributed by atoms with van der Waals surface area (Å²) in [5.74, 6) is 0. The van der Waals surface area contributed by atoms with Crippen LogP contribution >= 0.6 is 23.2 Å². The first-order chi connectivity index (χ1) is 15.8. The molecular formula is C25H24Cl2F3N3O. The second kappa shape index (κ2) is 9.84. The first-order valence-electron chi connectivity index (χ1n) is 10.4. The fraction of sp³-hybridized carbons (Fsp3) is 0.280. The predicted molar refractivity (Wildman–Crippen MR) is 128 cm³/mol. The number of carbonyl (C=O) groups is 1. The van der Waals surface area contributed by atoms with E-state index >= 15 is 0 Å². The minimum Gasteiger partial charge on any atom is -0.334 e. The number of pyridine rings is 1. The molecule has 1 unspecified atom stereocenters. The number of urea groups is 1. The summed E-state index contributed by atoms with van der Waals surface area (Å²) in [6.45, 7) is 5.40. The van der Waals surface area contributed by atoms with Crippen LogP contribution in [-0.4, -0.2) is 16.6 Å². The van der Waals surface area contributed by atoms with Gasteiger partial charge in [-0.2, -0.15) is 13.2 Å². The molecule has 2 aromatic carbocycles. The maximum absolute atomic E-state index is 13.8. The largest absolute Gasteiger partial charge is 0.417 e. The lowest BCUT2D eigenvalue weighted by Gasteiger charge is -2.37. The molecule has 1 atom stereocenters. The van der Waals surface area contributed by atoms with Crippen LogP contribution in [0.3, 0.4) is 0 Å². The van der Waals surface area contributed by atoms with Gasteiger partial charge in [-0.3, -0.25) is 4.98 Å². The van der Waals surface area contributed by atoms with E-state index in [1.54, 1.807) is 32.9 Å². The number of benzene rings is 2. The van der Waals surface area contributed by atoms with Gasteiger partial charge in [0.2, 0.25) is 0 Å². The van der Waals surface area contributed by atoms with E-state index in [4.69, 9.17) is 23.2 Å².